The number of nitrogens with two attached hydrogens (primary N) is 1. The fourth-order valence-electron chi connectivity index (χ4n) is 2.08. The van der Waals surface area contributed by atoms with E-state index < -0.39 is 12.1 Å². The van der Waals surface area contributed by atoms with E-state index in [1.165, 1.54) is 18.2 Å². The molecule has 0 aliphatic rings. The number of carbonyl (C=O) groups excluding carboxylic acids is 2. The van der Waals surface area contributed by atoms with Crippen LogP contribution in [0.15, 0.2) is 48.5 Å². The van der Waals surface area contributed by atoms with Crippen LogP contribution in [0.1, 0.15) is 29.3 Å². The first-order valence-corrected chi connectivity index (χ1v) is 8.05. The van der Waals surface area contributed by atoms with Crippen LogP contribution in [0.2, 0.25) is 0 Å². The molecule has 2 N–H and O–H groups in total. The summed E-state index contributed by atoms with van der Waals surface area (Å²) in [5, 5.41) is 0. The van der Waals surface area contributed by atoms with Gasteiger partial charge >= 0.3 is 12.1 Å². The maximum atomic E-state index is 12.0. The number of hydrogen-bond donors (Lipinski definition) is 1. The monoisotopic (exact) mass is 343 g/mol. The normalized spacial score (nSPS) is 10.1. The fraction of sp³-hybridized carbons (Fsp3) is 0.263. The van der Waals surface area contributed by atoms with Gasteiger partial charge in [0.25, 0.3) is 0 Å². The molecule has 6 nitrogen and oxygen atoms in total. The molecule has 2 aromatic rings. The van der Waals surface area contributed by atoms with Gasteiger partial charge in [-0.15, -0.1) is 0 Å². The number of benzene rings is 2. The highest BCUT2D eigenvalue weighted by Crippen LogP contribution is 2.23. The summed E-state index contributed by atoms with van der Waals surface area (Å²) in [7, 11) is 0. The van der Waals surface area contributed by atoms with Crippen LogP contribution in [-0.4, -0.2) is 25.3 Å². The Balaban J connectivity index is 1.94. The van der Waals surface area contributed by atoms with Crippen LogP contribution in [0.5, 0.6) is 5.75 Å². The largest absolute Gasteiger partial charge is 0.513 e. The van der Waals surface area contributed by atoms with E-state index in [0.29, 0.717) is 18.5 Å². The minimum atomic E-state index is -0.897. The molecule has 0 saturated heterocycles. The molecule has 0 bridgehead atoms. The second-order valence-corrected chi connectivity index (χ2v) is 5.33. The van der Waals surface area contributed by atoms with Gasteiger partial charge in [-0.2, -0.15) is 0 Å². The van der Waals surface area contributed by atoms with E-state index in [9.17, 15) is 9.59 Å². The van der Waals surface area contributed by atoms with Crippen LogP contribution in [0, 0.1) is 0 Å². The molecule has 0 unspecified atom stereocenters. The molecule has 2 aromatic carbocycles. The van der Waals surface area contributed by atoms with Gasteiger partial charge in [-0.05, 0) is 24.1 Å². The SMILES string of the molecule is CCCOC(=O)c1ccc(N)cc1OC(=O)OCCc1ccccc1. The Morgan fingerprint density at radius 2 is 1.76 bits per heavy atom. The van der Waals surface area contributed by atoms with E-state index in [2.05, 4.69) is 0 Å². The highest BCUT2D eigenvalue weighted by atomic mass is 16.7. The Hall–Kier alpha value is -3.02. The molecular formula is C19H21NO5. The lowest BCUT2D eigenvalue weighted by Gasteiger charge is -2.11. The quantitative estimate of drug-likeness (QED) is 0.469. The van der Waals surface area contributed by atoms with Crippen molar-refractivity contribution in [3.63, 3.8) is 0 Å². The Morgan fingerprint density at radius 1 is 1.00 bits per heavy atom. The third-order valence-corrected chi connectivity index (χ3v) is 3.31. The van der Waals surface area contributed by atoms with Gasteiger partial charge < -0.3 is 19.9 Å². The van der Waals surface area contributed by atoms with E-state index >= 15 is 0 Å². The fourth-order valence-corrected chi connectivity index (χ4v) is 2.08. The number of esters is 1. The van der Waals surface area contributed by atoms with Crippen molar-refractivity contribution in [2.75, 3.05) is 18.9 Å². The van der Waals surface area contributed by atoms with Crippen LogP contribution in [0.3, 0.4) is 0 Å². The Bertz CT molecular complexity index is 715. The van der Waals surface area contributed by atoms with Crippen LogP contribution < -0.4 is 10.5 Å². The van der Waals surface area contributed by atoms with Crippen LogP contribution in [-0.2, 0) is 15.9 Å². The van der Waals surface area contributed by atoms with E-state index in [0.717, 1.165) is 5.56 Å². The molecule has 0 aliphatic carbocycles. The van der Waals surface area contributed by atoms with E-state index in [-0.39, 0.29) is 24.5 Å². The second-order valence-electron chi connectivity index (χ2n) is 5.33. The maximum Gasteiger partial charge on any atom is 0.513 e. The van der Waals surface area contributed by atoms with Crippen molar-refractivity contribution in [1.29, 1.82) is 0 Å². The molecule has 0 fully saturated rings. The average Bonchev–Trinajstić information content (AvgIpc) is 2.60. The summed E-state index contributed by atoms with van der Waals surface area (Å²) in [6.45, 7) is 2.34. The number of carbonyl (C=O) groups is 2. The van der Waals surface area contributed by atoms with E-state index in [1.54, 1.807) is 0 Å². The summed E-state index contributed by atoms with van der Waals surface area (Å²) in [5.41, 5.74) is 7.23. The lowest BCUT2D eigenvalue weighted by molar-refractivity contribution is 0.0499. The van der Waals surface area contributed by atoms with Gasteiger partial charge in [-0.1, -0.05) is 37.3 Å². The van der Waals surface area contributed by atoms with Crippen LogP contribution in [0.25, 0.3) is 0 Å². The van der Waals surface area contributed by atoms with Crippen molar-refractivity contribution < 1.29 is 23.8 Å². The number of nitrogen functional groups attached to an aromatic ring is 1. The summed E-state index contributed by atoms with van der Waals surface area (Å²) >= 11 is 0. The highest BCUT2D eigenvalue weighted by Gasteiger charge is 2.17. The van der Waals surface area contributed by atoms with E-state index in [4.69, 9.17) is 19.9 Å². The van der Waals surface area contributed by atoms with Gasteiger partial charge in [0.05, 0.1) is 13.2 Å². The summed E-state index contributed by atoms with van der Waals surface area (Å²) in [4.78, 5) is 23.9. The Morgan fingerprint density at radius 3 is 2.48 bits per heavy atom. The minimum absolute atomic E-state index is 0.0193. The first-order chi connectivity index (χ1) is 12.1. The van der Waals surface area contributed by atoms with Crippen LogP contribution >= 0.6 is 0 Å². The summed E-state index contributed by atoms with van der Waals surface area (Å²) in [5.74, 6) is -0.556. The molecule has 25 heavy (non-hydrogen) atoms. The number of anilines is 1. The highest BCUT2D eigenvalue weighted by molar-refractivity contribution is 5.93. The smallest absolute Gasteiger partial charge is 0.462 e. The summed E-state index contributed by atoms with van der Waals surface area (Å²) in [6.07, 6.45) is 0.363. The van der Waals surface area contributed by atoms with Crippen molar-refractivity contribution in [3.05, 3.63) is 59.7 Å². The summed E-state index contributed by atoms with van der Waals surface area (Å²) < 4.78 is 15.2. The van der Waals surface area contributed by atoms with Crippen molar-refractivity contribution >= 4 is 17.8 Å². The average molecular weight is 343 g/mol. The molecule has 0 aromatic heterocycles. The number of hydrogen-bond acceptors (Lipinski definition) is 6. The molecule has 0 amide bonds. The molecule has 0 radical (unpaired) electrons. The third kappa shape index (κ3) is 5.84. The zero-order chi connectivity index (χ0) is 18.1. The first kappa shape index (κ1) is 18.3. The Labute approximate surface area is 146 Å². The molecule has 0 heterocycles. The standard InChI is InChI=1S/C19H21NO5/c1-2-11-23-18(21)16-9-8-15(20)13-17(16)25-19(22)24-12-10-14-6-4-3-5-7-14/h3-9,13H,2,10-12,20H2,1H3. The second kappa shape index (κ2) is 9.32. The van der Waals surface area contributed by atoms with Gasteiger partial charge in [0.1, 0.15) is 5.56 Å². The van der Waals surface area contributed by atoms with Gasteiger partial charge in [0.15, 0.2) is 5.75 Å². The minimum Gasteiger partial charge on any atom is -0.462 e. The molecule has 0 saturated carbocycles. The summed E-state index contributed by atoms with van der Waals surface area (Å²) in [6, 6.07) is 14.0. The van der Waals surface area contributed by atoms with Crippen molar-refractivity contribution in [2.45, 2.75) is 19.8 Å². The third-order valence-electron chi connectivity index (χ3n) is 3.31. The topological polar surface area (TPSA) is 87.9 Å². The zero-order valence-corrected chi connectivity index (χ0v) is 14.1. The number of ether oxygens (including phenoxy) is 3. The van der Waals surface area contributed by atoms with Gasteiger partial charge in [0, 0.05) is 18.2 Å². The van der Waals surface area contributed by atoms with Crippen molar-refractivity contribution in [2.24, 2.45) is 0 Å². The molecule has 0 atom stereocenters. The molecule has 132 valence electrons. The van der Waals surface area contributed by atoms with Crippen molar-refractivity contribution in [1.82, 2.24) is 0 Å². The first-order valence-electron chi connectivity index (χ1n) is 8.05. The van der Waals surface area contributed by atoms with Gasteiger partial charge in [0.2, 0.25) is 0 Å². The molecule has 6 heteroatoms. The lowest BCUT2D eigenvalue weighted by Crippen LogP contribution is -2.16. The van der Waals surface area contributed by atoms with Gasteiger partial charge in [-0.25, -0.2) is 9.59 Å². The molecule has 0 spiro atoms. The maximum absolute atomic E-state index is 12.0. The van der Waals surface area contributed by atoms with Crippen molar-refractivity contribution in [3.8, 4) is 5.75 Å². The van der Waals surface area contributed by atoms with Crippen LogP contribution in [0.4, 0.5) is 10.5 Å². The van der Waals surface area contributed by atoms with E-state index in [1.807, 2.05) is 37.3 Å². The van der Waals surface area contributed by atoms with Gasteiger partial charge in [-0.3, -0.25) is 0 Å². The molecule has 0 aliphatic heterocycles. The zero-order valence-electron chi connectivity index (χ0n) is 14.1. The predicted octanol–water partition coefficient (Wildman–Crippen LogP) is 3.59. The number of rotatable bonds is 7. The molecular weight excluding hydrogens is 322 g/mol. The lowest BCUT2D eigenvalue weighted by atomic mass is 10.2. The molecule has 2 rings (SSSR count). The Kier molecular flexibility index (Phi) is 6.83. The predicted molar refractivity (Wildman–Crippen MR) is 93.5 cm³/mol.